The molecule has 2 aromatic rings. The summed E-state index contributed by atoms with van der Waals surface area (Å²) in [6.07, 6.45) is 2.88. The highest BCUT2D eigenvalue weighted by molar-refractivity contribution is 6.17. The number of aryl methyl sites for hydroxylation is 1. The number of aldehydes is 1. The zero-order chi connectivity index (χ0) is 14.2. The number of carbonyl (C=O) groups is 1. The van der Waals surface area contributed by atoms with Crippen LogP contribution < -0.4 is 10.5 Å². The molecule has 0 heterocycles. The Bertz CT molecular complexity index is 558. The van der Waals surface area contributed by atoms with Crippen molar-refractivity contribution in [1.29, 1.82) is 0 Å². The first-order valence-electron chi connectivity index (χ1n) is 6.67. The molecule has 2 rings (SSSR count). The normalized spacial score (nSPS) is 10.0. The van der Waals surface area contributed by atoms with Gasteiger partial charge in [0, 0.05) is 23.5 Å². The lowest BCUT2D eigenvalue weighted by Crippen LogP contribution is -2.04. The lowest BCUT2D eigenvalue weighted by atomic mass is 10.1. The minimum absolute atomic E-state index is 0.558. The molecule has 0 aliphatic rings. The number of hydrogen-bond acceptors (Lipinski definition) is 3. The third-order valence-corrected chi connectivity index (χ3v) is 3.15. The largest absolute Gasteiger partial charge is 0.437 e. The van der Waals surface area contributed by atoms with E-state index < -0.39 is 0 Å². The molecule has 0 aromatic heterocycles. The molecule has 20 heavy (non-hydrogen) atoms. The van der Waals surface area contributed by atoms with Crippen molar-refractivity contribution >= 4 is 25.6 Å². The van der Waals surface area contributed by atoms with Crippen molar-refractivity contribution in [2.45, 2.75) is 12.8 Å². The van der Waals surface area contributed by atoms with E-state index in [4.69, 9.17) is 7.98 Å². The minimum atomic E-state index is 0.558. The highest BCUT2D eigenvalue weighted by Crippen LogP contribution is 2.19. The van der Waals surface area contributed by atoms with Gasteiger partial charge in [0.15, 0.2) is 6.29 Å². The van der Waals surface area contributed by atoms with Gasteiger partial charge in [0.05, 0.1) is 0 Å². The molecule has 0 saturated heterocycles. The molecule has 0 aliphatic heterocycles. The van der Waals surface area contributed by atoms with Crippen molar-refractivity contribution in [1.82, 2.24) is 0 Å². The van der Waals surface area contributed by atoms with Crippen LogP contribution in [0.15, 0.2) is 48.5 Å². The van der Waals surface area contributed by atoms with E-state index in [1.54, 1.807) is 6.07 Å². The van der Waals surface area contributed by atoms with Gasteiger partial charge in [-0.15, -0.1) is 0 Å². The van der Waals surface area contributed by atoms with Gasteiger partial charge in [0.25, 0.3) is 0 Å². The molecule has 2 radical (unpaired) electrons. The van der Waals surface area contributed by atoms with E-state index in [1.165, 1.54) is 5.56 Å². The average Bonchev–Trinajstić information content (AvgIpc) is 2.52. The maximum absolute atomic E-state index is 10.8. The molecular weight excluding hydrogens is 247 g/mol. The molecule has 2 N–H and O–H groups in total. The summed E-state index contributed by atoms with van der Waals surface area (Å²) >= 11 is 0. The number of nitrogens with one attached hydrogen (secondary N) is 2. The first-order valence-corrected chi connectivity index (χ1v) is 6.67. The zero-order valence-electron chi connectivity index (χ0n) is 11.3. The van der Waals surface area contributed by atoms with Crippen LogP contribution in [-0.2, 0) is 6.42 Å². The van der Waals surface area contributed by atoms with Crippen LogP contribution >= 0.6 is 0 Å². The van der Waals surface area contributed by atoms with Crippen LogP contribution in [-0.4, -0.2) is 20.8 Å². The maximum Gasteiger partial charge on any atom is 0.222 e. The second-order valence-electron chi connectivity index (χ2n) is 4.58. The zero-order valence-corrected chi connectivity index (χ0v) is 11.3. The fourth-order valence-corrected chi connectivity index (χ4v) is 2.06. The highest BCUT2D eigenvalue weighted by atomic mass is 16.1. The summed E-state index contributed by atoms with van der Waals surface area (Å²) in [5, 5.41) is 5.86. The monoisotopic (exact) mass is 264 g/mol. The quantitative estimate of drug-likeness (QED) is 0.459. The van der Waals surface area contributed by atoms with Crippen LogP contribution in [0.5, 0.6) is 0 Å². The number of anilines is 2. The lowest BCUT2D eigenvalue weighted by molar-refractivity contribution is 0.112. The number of hydrogen-bond donors (Lipinski definition) is 2. The van der Waals surface area contributed by atoms with E-state index in [0.717, 1.165) is 31.4 Å². The van der Waals surface area contributed by atoms with Crippen LogP contribution in [0.1, 0.15) is 22.3 Å². The Kier molecular flexibility index (Phi) is 5.24. The standard InChI is InChI=1S/C16H17BN2O/c17-19-16-11-15(9-8-14(16)12-20)18-10-4-7-13-5-2-1-3-6-13/h1-3,5-6,8-9,11-12,18-19H,4,7,10H2. The Morgan fingerprint density at radius 1 is 1.10 bits per heavy atom. The van der Waals surface area contributed by atoms with E-state index in [9.17, 15) is 4.79 Å². The summed E-state index contributed by atoms with van der Waals surface area (Å²) in [4.78, 5) is 10.8. The van der Waals surface area contributed by atoms with E-state index in [-0.39, 0.29) is 0 Å². The Hall–Kier alpha value is -2.23. The van der Waals surface area contributed by atoms with E-state index in [2.05, 4.69) is 34.8 Å². The van der Waals surface area contributed by atoms with Crippen LogP contribution in [0, 0.1) is 0 Å². The minimum Gasteiger partial charge on any atom is -0.437 e. The molecule has 2 aromatic carbocycles. The van der Waals surface area contributed by atoms with Crippen molar-refractivity contribution in [2.75, 3.05) is 17.1 Å². The van der Waals surface area contributed by atoms with Gasteiger partial charge in [0.2, 0.25) is 7.98 Å². The second kappa shape index (κ2) is 7.39. The van der Waals surface area contributed by atoms with Gasteiger partial charge in [-0.1, -0.05) is 30.3 Å². The first kappa shape index (κ1) is 14.2. The summed E-state index contributed by atoms with van der Waals surface area (Å²) in [6.45, 7) is 0.874. The first-order chi connectivity index (χ1) is 9.83. The molecule has 0 saturated carbocycles. The third-order valence-electron chi connectivity index (χ3n) is 3.15. The Morgan fingerprint density at radius 2 is 1.90 bits per heavy atom. The fourth-order valence-electron chi connectivity index (χ4n) is 2.06. The van der Waals surface area contributed by atoms with Gasteiger partial charge in [-0.3, -0.25) is 4.79 Å². The molecule has 0 bridgehead atoms. The summed E-state index contributed by atoms with van der Waals surface area (Å²) in [7, 11) is 5.39. The summed E-state index contributed by atoms with van der Waals surface area (Å²) in [6, 6.07) is 15.9. The molecule has 3 nitrogen and oxygen atoms in total. The second-order valence-corrected chi connectivity index (χ2v) is 4.58. The van der Waals surface area contributed by atoms with Gasteiger partial charge in [-0.05, 0) is 36.6 Å². The van der Waals surface area contributed by atoms with Crippen molar-refractivity contribution in [2.24, 2.45) is 0 Å². The smallest absolute Gasteiger partial charge is 0.222 e. The molecular formula is C16H17BN2O. The topological polar surface area (TPSA) is 41.1 Å². The molecule has 0 fully saturated rings. The average molecular weight is 264 g/mol. The predicted octanol–water partition coefficient (Wildman–Crippen LogP) is 3.04. The van der Waals surface area contributed by atoms with Gasteiger partial charge in [0.1, 0.15) is 0 Å². The molecule has 0 unspecified atom stereocenters. The van der Waals surface area contributed by atoms with Gasteiger partial charge >= 0.3 is 0 Å². The number of carbonyl (C=O) groups excluding carboxylic acids is 1. The third kappa shape index (κ3) is 3.88. The van der Waals surface area contributed by atoms with Crippen LogP contribution in [0.25, 0.3) is 0 Å². The molecule has 4 heteroatoms. The van der Waals surface area contributed by atoms with Gasteiger partial charge in [-0.25, -0.2) is 0 Å². The fraction of sp³-hybridized carbons (Fsp3) is 0.188. The SMILES string of the molecule is [B]Nc1cc(NCCCc2ccccc2)ccc1C=O. The van der Waals surface area contributed by atoms with Crippen molar-refractivity contribution in [3.05, 3.63) is 59.7 Å². The highest BCUT2D eigenvalue weighted by Gasteiger charge is 2.01. The van der Waals surface area contributed by atoms with Crippen LogP contribution in [0.3, 0.4) is 0 Å². The molecule has 100 valence electrons. The van der Waals surface area contributed by atoms with Crippen molar-refractivity contribution in [3.63, 3.8) is 0 Å². The molecule has 0 amide bonds. The van der Waals surface area contributed by atoms with Crippen molar-refractivity contribution in [3.8, 4) is 0 Å². The maximum atomic E-state index is 10.8. The Balaban J connectivity index is 1.83. The van der Waals surface area contributed by atoms with Gasteiger partial charge < -0.3 is 10.5 Å². The molecule has 0 spiro atoms. The van der Waals surface area contributed by atoms with Crippen LogP contribution in [0.2, 0.25) is 0 Å². The lowest BCUT2D eigenvalue weighted by Gasteiger charge is -2.10. The Labute approximate surface area is 120 Å². The Morgan fingerprint density at radius 3 is 2.60 bits per heavy atom. The molecule has 0 atom stereocenters. The summed E-state index contributed by atoms with van der Waals surface area (Å²) < 4.78 is 0. The molecule has 0 aliphatic carbocycles. The van der Waals surface area contributed by atoms with E-state index in [1.807, 2.05) is 18.2 Å². The van der Waals surface area contributed by atoms with E-state index in [0.29, 0.717) is 11.3 Å². The van der Waals surface area contributed by atoms with Crippen molar-refractivity contribution < 1.29 is 4.79 Å². The van der Waals surface area contributed by atoms with Gasteiger partial charge in [-0.2, -0.15) is 0 Å². The number of rotatable bonds is 7. The summed E-state index contributed by atoms with van der Waals surface area (Å²) in [5.74, 6) is 0. The predicted molar refractivity (Wildman–Crippen MR) is 84.5 cm³/mol. The van der Waals surface area contributed by atoms with Crippen LogP contribution in [0.4, 0.5) is 11.4 Å². The van der Waals surface area contributed by atoms with E-state index >= 15 is 0 Å². The summed E-state index contributed by atoms with van der Waals surface area (Å²) in [5.41, 5.74) is 3.49. The number of benzene rings is 2.